The molecule has 1 aliphatic heterocycles. The van der Waals surface area contributed by atoms with Gasteiger partial charge in [0.05, 0.1) is 42.2 Å². The quantitative estimate of drug-likeness (QED) is 0.124. The highest BCUT2D eigenvalue weighted by Gasteiger charge is 2.45. The van der Waals surface area contributed by atoms with Crippen LogP contribution in [0.15, 0.2) is 30.3 Å². The van der Waals surface area contributed by atoms with Crippen molar-refractivity contribution in [3.8, 4) is 0 Å². The molecule has 1 heterocycles. The number of rotatable bonds is 21. The van der Waals surface area contributed by atoms with Gasteiger partial charge >= 0.3 is 5.97 Å². The summed E-state index contributed by atoms with van der Waals surface area (Å²) in [7, 11) is 8.75. The molecule has 322 valence electrons. The van der Waals surface area contributed by atoms with Crippen LogP contribution in [-0.4, -0.2) is 121 Å². The second-order valence-corrected chi connectivity index (χ2v) is 18.8. The zero-order chi connectivity index (χ0) is 42.8. The Hall–Kier alpha value is -3.15. The van der Waals surface area contributed by atoms with E-state index in [9.17, 15) is 24.0 Å². The maximum Gasteiger partial charge on any atom is 0.310 e. The molecule has 1 saturated carbocycles. The highest BCUT2D eigenvalue weighted by atomic mass is 16.6. The number of methoxy groups -OCH3 is 2. The number of carbonyl (C=O) groups is 5. The van der Waals surface area contributed by atoms with E-state index in [0.29, 0.717) is 19.4 Å². The lowest BCUT2D eigenvalue weighted by Crippen LogP contribution is -2.54. The molecule has 0 aromatic heterocycles. The van der Waals surface area contributed by atoms with Crippen molar-refractivity contribution >= 4 is 29.4 Å². The number of amides is 2. The summed E-state index contributed by atoms with van der Waals surface area (Å²) in [6, 6.07) is 8.95. The zero-order valence-corrected chi connectivity index (χ0v) is 37.5. The van der Waals surface area contributed by atoms with Gasteiger partial charge < -0.3 is 24.0 Å². The standard InChI is InChI=1S/C46H75N3O8/c1-30(2)35(28-39(51)46(7,8)47(9)10)43(53)48(11)41(33-22-17-18-23-33)38(55-12)29-40(52)49-25-19-24-36(49)42(56-13)31(3)37(50)27-34(44(54)57-45(4,5)6)26-32-20-15-14-16-21-32/h14-16,20-21,30-31,33-36,38,41-42H,17-19,22-29H2,1-13H3/t31-,34+,35-,36-,38+,41-,42+/m0/s1. The van der Waals surface area contributed by atoms with Gasteiger partial charge in [-0.2, -0.15) is 0 Å². The predicted molar refractivity (Wildman–Crippen MR) is 223 cm³/mol. The minimum absolute atomic E-state index is 0.00368. The van der Waals surface area contributed by atoms with Crippen LogP contribution in [0.2, 0.25) is 0 Å². The fourth-order valence-corrected chi connectivity index (χ4v) is 8.79. The van der Waals surface area contributed by atoms with Crippen molar-refractivity contribution < 1.29 is 38.2 Å². The van der Waals surface area contributed by atoms with Crippen LogP contribution < -0.4 is 0 Å². The Bertz CT molecular complexity index is 1480. The summed E-state index contributed by atoms with van der Waals surface area (Å²) in [5.41, 5.74) is -0.464. The maximum absolute atomic E-state index is 14.4. The van der Waals surface area contributed by atoms with Gasteiger partial charge in [-0.3, -0.25) is 28.9 Å². The molecule has 0 spiro atoms. The van der Waals surface area contributed by atoms with Crippen LogP contribution in [0.25, 0.3) is 0 Å². The van der Waals surface area contributed by atoms with Crippen LogP contribution in [0.3, 0.4) is 0 Å². The molecule has 1 aromatic rings. The van der Waals surface area contributed by atoms with Crippen LogP contribution >= 0.6 is 0 Å². The minimum atomic E-state index is -0.714. The molecule has 11 heteroatoms. The van der Waals surface area contributed by atoms with Crippen LogP contribution in [0, 0.1) is 29.6 Å². The number of likely N-dealkylation sites (tertiary alicyclic amines) is 1. The molecule has 2 fully saturated rings. The van der Waals surface area contributed by atoms with E-state index in [2.05, 4.69) is 0 Å². The summed E-state index contributed by atoms with van der Waals surface area (Å²) < 4.78 is 17.9. The summed E-state index contributed by atoms with van der Waals surface area (Å²) >= 11 is 0. The normalized spacial score (nSPS) is 19.9. The first-order chi connectivity index (χ1) is 26.6. The number of ketones is 2. The fraction of sp³-hybridized carbons (Fsp3) is 0.761. The second-order valence-electron chi connectivity index (χ2n) is 18.8. The average Bonchev–Trinajstić information content (AvgIpc) is 3.86. The van der Waals surface area contributed by atoms with Gasteiger partial charge in [0.2, 0.25) is 11.8 Å². The number of esters is 1. The molecule has 0 unspecified atom stereocenters. The van der Waals surface area contributed by atoms with E-state index in [4.69, 9.17) is 14.2 Å². The Morgan fingerprint density at radius 3 is 1.96 bits per heavy atom. The van der Waals surface area contributed by atoms with Crippen LogP contribution in [-0.2, 0) is 44.6 Å². The van der Waals surface area contributed by atoms with Crippen molar-refractivity contribution in [2.45, 2.75) is 155 Å². The molecule has 0 radical (unpaired) electrons. The molecule has 1 aliphatic carbocycles. The maximum atomic E-state index is 14.4. The summed E-state index contributed by atoms with van der Waals surface area (Å²) in [5, 5.41) is 0. The van der Waals surface area contributed by atoms with Crippen molar-refractivity contribution in [2.75, 3.05) is 41.9 Å². The van der Waals surface area contributed by atoms with E-state index in [1.54, 1.807) is 19.1 Å². The Kier molecular flexibility index (Phi) is 17.9. The molecule has 57 heavy (non-hydrogen) atoms. The van der Waals surface area contributed by atoms with Gasteiger partial charge in [-0.1, -0.05) is 63.9 Å². The summed E-state index contributed by atoms with van der Waals surface area (Å²) in [5.74, 6) is -2.37. The molecule has 2 aliphatic rings. The highest BCUT2D eigenvalue weighted by molar-refractivity contribution is 5.92. The molecule has 0 N–H and O–H groups in total. The van der Waals surface area contributed by atoms with Gasteiger partial charge in [-0.05, 0) is 98.2 Å². The highest BCUT2D eigenvalue weighted by Crippen LogP contribution is 2.36. The molecule has 1 saturated heterocycles. The van der Waals surface area contributed by atoms with E-state index in [-0.39, 0.29) is 66.6 Å². The first-order valence-corrected chi connectivity index (χ1v) is 21.3. The van der Waals surface area contributed by atoms with Crippen molar-refractivity contribution in [3.05, 3.63) is 35.9 Å². The van der Waals surface area contributed by atoms with E-state index < -0.39 is 47.1 Å². The van der Waals surface area contributed by atoms with Gasteiger partial charge in [0.25, 0.3) is 0 Å². The number of Topliss-reactive ketones (excluding diaryl/α,β-unsaturated/α-hetero) is 2. The smallest absolute Gasteiger partial charge is 0.310 e. The monoisotopic (exact) mass is 798 g/mol. The fourth-order valence-electron chi connectivity index (χ4n) is 8.79. The van der Waals surface area contributed by atoms with Crippen LogP contribution in [0.4, 0.5) is 0 Å². The molecule has 11 nitrogen and oxygen atoms in total. The number of benzene rings is 1. The third kappa shape index (κ3) is 12.9. The lowest BCUT2D eigenvalue weighted by molar-refractivity contribution is -0.161. The molecule has 7 atom stereocenters. The number of likely N-dealkylation sites (N-methyl/N-ethyl adjacent to an activating group) is 2. The SMILES string of the molecule is CO[C@H]([C@@H](C)C(=O)C[C@@H](Cc1ccccc1)C(=O)OC(C)(C)C)[C@@H]1CCCN1C(=O)C[C@@H](OC)[C@H](C1CCCC1)N(C)C(=O)[C@@H](CC(=O)C(C)(C)N(C)C)C(C)C. The van der Waals surface area contributed by atoms with Crippen LogP contribution in [0.1, 0.15) is 119 Å². The molecule has 1 aromatic carbocycles. The Morgan fingerprint density at radius 2 is 1.44 bits per heavy atom. The summed E-state index contributed by atoms with van der Waals surface area (Å²) in [4.78, 5) is 75.3. The first-order valence-electron chi connectivity index (χ1n) is 21.3. The van der Waals surface area contributed by atoms with Gasteiger partial charge in [-0.25, -0.2) is 0 Å². The number of carbonyl (C=O) groups excluding carboxylic acids is 5. The van der Waals surface area contributed by atoms with Gasteiger partial charge in [0.15, 0.2) is 5.78 Å². The van der Waals surface area contributed by atoms with E-state index in [0.717, 1.165) is 37.7 Å². The van der Waals surface area contributed by atoms with Crippen molar-refractivity contribution in [2.24, 2.45) is 29.6 Å². The molecule has 3 rings (SSSR count). The third-order valence-corrected chi connectivity index (χ3v) is 12.8. The van der Waals surface area contributed by atoms with E-state index in [1.807, 2.05) is 117 Å². The van der Waals surface area contributed by atoms with Gasteiger partial charge in [-0.15, -0.1) is 0 Å². The Morgan fingerprint density at radius 1 is 0.825 bits per heavy atom. The lowest BCUT2D eigenvalue weighted by atomic mass is 9.82. The van der Waals surface area contributed by atoms with Crippen molar-refractivity contribution in [3.63, 3.8) is 0 Å². The number of hydrogen-bond acceptors (Lipinski definition) is 9. The van der Waals surface area contributed by atoms with E-state index in [1.165, 1.54) is 0 Å². The van der Waals surface area contributed by atoms with E-state index >= 15 is 0 Å². The first kappa shape index (κ1) is 48.2. The van der Waals surface area contributed by atoms with Gasteiger partial charge in [0.1, 0.15) is 11.4 Å². The minimum Gasteiger partial charge on any atom is -0.460 e. The Labute approximate surface area is 343 Å². The third-order valence-electron chi connectivity index (χ3n) is 12.8. The lowest BCUT2D eigenvalue weighted by Gasteiger charge is -2.41. The molecule has 2 amide bonds. The number of ether oxygens (including phenoxy) is 3. The zero-order valence-electron chi connectivity index (χ0n) is 37.5. The van der Waals surface area contributed by atoms with Gasteiger partial charge in [0, 0.05) is 52.5 Å². The Balaban J connectivity index is 1.82. The van der Waals surface area contributed by atoms with Crippen molar-refractivity contribution in [1.82, 2.24) is 14.7 Å². The second kappa shape index (κ2) is 21.2. The summed E-state index contributed by atoms with van der Waals surface area (Å²) in [6.07, 6.45) is 4.84. The predicted octanol–water partition coefficient (Wildman–Crippen LogP) is 6.78. The topological polar surface area (TPSA) is 123 Å². The molecule has 0 bridgehead atoms. The molecular formula is C46H75N3O8. The average molecular weight is 798 g/mol. The molecular weight excluding hydrogens is 723 g/mol. The van der Waals surface area contributed by atoms with Crippen LogP contribution in [0.5, 0.6) is 0 Å². The van der Waals surface area contributed by atoms with Crippen molar-refractivity contribution in [1.29, 1.82) is 0 Å². The number of hydrogen-bond donors (Lipinski definition) is 0. The largest absolute Gasteiger partial charge is 0.460 e. The summed E-state index contributed by atoms with van der Waals surface area (Å²) in [6.45, 7) is 15.6. The number of nitrogens with zero attached hydrogens (tertiary/aromatic N) is 3.